The maximum Gasteiger partial charge on any atom is 0.246 e. The highest BCUT2D eigenvalue weighted by Gasteiger charge is 2.27. The standard InChI is InChI=1S/C55H103N13O15/c1-39(51(56)75)17-9-12-25-59-49(73)37-82-33-32-81-30-28-61-50(74)38-83-34-31-80-29-27-60-46(70)21-15-20-45(69)58-24-14-11-19-44(53(77)62-26-13-10-18-40(2)52(57)76)66-48(72)23-16-22-47(71)65-43(35-63-54(5,6)41(3)67-78)36-64-55(7,8)42(4)68-79/h39-40,43-44,63-64,78-79H,9-38H2,1-8H3,(H2,56,75)(H2,57,76)(H,58,69)(H,59,73)(H,60,70)(H,61,74)(H,62,77)(H,65,71)(H,66,72)/b67-41+,68-42+/t39-,40-,44-/m0/s1. The zero-order chi connectivity index (χ0) is 62.5. The fraction of sp³-hybridized carbons (Fsp3) is 0.800. The Morgan fingerprint density at radius 1 is 0.446 bits per heavy atom. The van der Waals surface area contributed by atoms with Crippen molar-refractivity contribution in [3.63, 3.8) is 0 Å². The lowest BCUT2D eigenvalue weighted by Crippen LogP contribution is -2.57. The van der Waals surface area contributed by atoms with Gasteiger partial charge in [-0.25, -0.2) is 0 Å². The summed E-state index contributed by atoms with van der Waals surface area (Å²) in [6.45, 7) is 17.5. The molecule has 0 bridgehead atoms. The number of amides is 9. The van der Waals surface area contributed by atoms with Crippen LogP contribution in [-0.4, -0.2) is 197 Å². The average Bonchev–Trinajstić information content (AvgIpc) is 3.43. The number of ether oxygens (including phenoxy) is 4. The summed E-state index contributed by atoms with van der Waals surface area (Å²) in [6.07, 6.45) is 6.09. The first-order valence-corrected chi connectivity index (χ1v) is 29.1. The van der Waals surface area contributed by atoms with E-state index >= 15 is 0 Å². The van der Waals surface area contributed by atoms with E-state index in [4.69, 9.17) is 30.4 Å². The van der Waals surface area contributed by atoms with Gasteiger partial charge in [-0.2, -0.15) is 0 Å². The van der Waals surface area contributed by atoms with Crippen LogP contribution >= 0.6 is 0 Å². The summed E-state index contributed by atoms with van der Waals surface area (Å²) in [5.41, 5.74) is 10.1. The second-order valence-electron chi connectivity index (χ2n) is 21.6. The number of nitrogens with zero attached hydrogens (tertiary/aromatic N) is 2. The van der Waals surface area contributed by atoms with Crippen molar-refractivity contribution < 1.29 is 72.5 Å². The summed E-state index contributed by atoms with van der Waals surface area (Å²) in [5, 5.41) is 51.5. The van der Waals surface area contributed by atoms with Crippen LogP contribution in [0.15, 0.2) is 10.3 Å². The molecule has 0 fully saturated rings. The molecule has 0 saturated carbocycles. The molecule has 15 N–H and O–H groups in total. The van der Waals surface area contributed by atoms with Crippen LogP contribution in [0.5, 0.6) is 0 Å². The molecular weight excluding hydrogens is 1080 g/mol. The van der Waals surface area contributed by atoms with E-state index < -0.39 is 35.0 Å². The van der Waals surface area contributed by atoms with Crippen molar-refractivity contribution in [1.29, 1.82) is 0 Å². The van der Waals surface area contributed by atoms with Gasteiger partial charge in [0.25, 0.3) is 0 Å². The SMILES string of the molecule is C/C(=N\O)C(C)(C)NCC(CNC(C)(C)/C(C)=N/O)NC(=O)CCCC(=O)N[C@@H](CCCCNC(=O)CCCC(=O)NCCOCCOCC(=O)NCCOCCOCC(=O)NCCCC[C@H](C)C(N)=O)C(=O)NCCCC[C@H](C)C(N)=O. The molecule has 0 rings (SSSR count). The monoisotopic (exact) mass is 1190 g/mol. The fourth-order valence-corrected chi connectivity index (χ4v) is 7.36. The van der Waals surface area contributed by atoms with Gasteiger partial charge in [-0.15, -0.1) is 0 Å². The van der Waals surface area contributed by atoms with Gasteiger partial charge < -0.3 is 88.7 Å². The number of carbonyl (C=O) groups is 9. The lowest BCUT2D eigenvalue weighted by Gasteiger charge is -2.32. The van der Waals surface area contributed by atoms with Crippen molar-refractivity contribution in [3.05, 3.63) is 0 Å². The Morgan fingerprint density at radius 3 is 1.24 bits per heavy atom. The van der Waals surface area contributed by atoms with Gasteiger partial charge >= 0.3 is 0 Å². The number of carbonyl (C=O) groups excluding carboxylic acids is 9. The molecule has 0 saturated heterocycles. The summed E-state index contributed by atoms with van der Waals surface area (Å²) in [5.74, 6) is -3.34. The molecule has 478 valence electrons. The van der Waals surface area contributed by atoms with Gasteiger partial charge in [0.15, 0.2) is 0 Å². The van der Waals surface area contributed by atoms with E-state index in [0.29, 0.717) is 76.0 Å². The van der Waals surface area contributed by atoms with Crippen LogP contribution in [-0.2, 0) is 62.1 Å². The van der Waals surface area contributed by atoms with E-state index in [2.05, 4.69) is 58.2 Å². The Bertz CT molecular complexity index is 1960. The zero-order valence-electron chi connectivity index (χ0n) is 50.8. The predicted molar refractivity (Wildman–Crippen MR) is 312 cm³/mol. The maximum atomic E-state index is 13.3. The molecule has 0 aromatic heterocycles. The molecule has 0 aliphatic heterocycles. The third-order valence-corrected chi connectivity index (χ3v) is 13.6. The second-order valence-corrected chi connectivity index (χ2v) is 21.6. The van der Waals surface area contributed by atoms with E-state index in [1.807, 2.05) is 27.7 Å². The number of primary amides is 2. The Kier molecular flexibility index (Phi) is 42.9. The molecule has 0 heterocycles. The van der Waals surface area contributed by atoms with Gasteiger partial charge in [0.1, 0.15) is 19.3 Å². The van der Waals surface area contributed by atoms with Crippen LogP contribution in [0.1, 0.15) is 152 Å². The van der Waals surface area contributed by atoms with Crippen LogP contribution in [0.3, 0.4) is 0 Å². The molecule has 0 aliphatic carbocycles. The van der Waals surface area contributed by atoms with Crippen molar-refractivity contribution in [2.75, 3.05) is 98.7 Å². The molecule has 0 radical (unpaired) electrons. The Hall–Kier alpha value is -6.07. The minimum absolute atomic E-state index is 0.0182. The largest absolute Gasteiger partial charge is 0.411 e. The van der Waals surface area contributed by atoms with Gasteiger partial charge in [-0.1, -0.05) is 37.0 Å². The Labute approximate surface area is 490 Å². The minimum Gasteiger partial charge on any atom is -0.411 e. The van der Waals surface area contributed by atoms with Crippen molar-refractivity contribution in [2.45, 2.75) is 175 Å². The normalized spacial score (nSPS) is 13.4. The summed E-state index contributed by atoms with van der Waals surface area (Å²) >= 11 is 0. The smallest absolute Gasteiger partial charge is 0.246 e. The van der Waals surface area contributed by atoms with E-state index in [0.717, 1.165) is 12.8 Å². The molecule has 0 aromatic rings. The second kappa shape index (κ2) is 46.3. The van der Waals surface area contributed by atoms with Crippen molar-refractivity contribution in [2.24, 2.45) is 33.6 Å². The molecular formula is C55H103N13O15. The van der Waals surface area contributed by atoms with Crippen molar-refractivity contribution >= 4 is 64.6 Å². The predicted octanol–water partition coefficient (Wildman–Crippen LogP) is 0.134. The number of rotatable bonds is 52. The third kappa shape index (κ3) is 41.6. The molecule has 9 amide bonds. The highest BCUT2D eigenvalue weighted by Crippen LogP contribution is 2.11. The van der Waals surface area contributed by atoms with Crippen LogP contribution < -0.4 is 59.3 Å². The molecule has 28 nitrogen and oxygen atoms in total. The van der Waals surface area contributed by atoms with Crippen LogP contribution in [0, 0.1) is 11.8 Å². The van der Waals surface area contributed by atoms with E-state index in [9.17, 15) is 53.6 Å². The molecule has 0 aliphatic rings. The van der Waals surface area contributed by atoms with Crippen LogP contribution in [0.25, 0.3) is 0 Å². The maximum absolute atomic E-state index is 13.3. The quantitative estimate of drug-likeness (QED) is 0.0167. The van der Waals surface area contributed by atoms with Gasteiger partial charge in [0, 0.05) is 83.3 Å². The van der Waals surface area contributed by atoms with E-state index in [-0.39, 0.29) is 171 Å². The highest BCUT2D eigenvalue weighted by molar-refractivity contribution is 5.91. The number of oxime groups is 2. The summed E-state index contributed by atoms with van der Waals surface area (Å²) in [4.78, 5) is 111. The number of nitrogens with two attached hydrogens (primary N) is 2. The molecule has 3 atom stereocenters. The zero-order valence-corrected chi connectivity index (χ0v) is 50.8. The fourth-order valence-electron chi connectivity index (χ4n) is 7.36. The minimum atomic E-state index is -0.876. The summed E-state index contributed by atoms with van der Waals surface area (Å²) in [7, 11) is 0. The Balaban J connectivity index is 4.57. The number of hydrogen-bond donors (Lipinski definition) is 13. The average molecular weight is 1190 g/mol. The molecule has 0 aromatic carbocycles. The summed E-state index contributed by atoms with van der Waals surface area (Å²) in [6, 6.07) is -1.33. The molecule has 83 heavy (non-hydrogen) atoms. The van der Waals surface area contributed by atoms with E-state index in [1.54, 1.807) is 27.7 Å². The lowest BCUT2D eigenvalue weighted by atomic mass is 9.98. The first-order chi connectivity index (χ1) is 39.3. The highest BCUT2D eigenvalue weighted by atomic mass is 16.5. The van der Waals surface area contributed by atoms with Gasteiger partial charge in [-0.05, 0) is 99.3 Å². The first kappa shape index (κ1) is 76.9. The number of unbranched alkanes of at least 4 members (excludes halogenated alkanes) is 3. The van der Waals surface area contributed by atoms with Crippen molar-refractivity contribution in [1.82, 2.24) is 47.9 Å². The third-order valence-electron chi connectivity index (χ3n) is 13.6. The number of hydrogen-bond acceptors (Lipinski definition) is 19. The van der Waals surface area contributed by atoms with Gasteiger partial charge in [0.05, 0.1) is 68.2 Å². The first-order valence-electron chi connectivity index (χ1n) is 29.1. The molecule has 0 spiro atoms. The van der Waals surface area contributed by atoms with Crippen molar-refractivity contribution in [3.8, 4) is 0 Å². The topological polar surface area (TPSA) is 416 Å². The van der Waals surface area contributed by atoms with Gasteiger partial charge in [0.2, 0.25) is 53.2 Å². The number of nitrogens with one attached hydrogen (secondary N) is 9. The van der Waals surface area contributed by atoms with E-state index in [1.165, 1.54) is 0 Å². The Morgan fingerprint density at radius 2 is 0.807 bits per heavy atom. The molecule has 28 heteroatoms. The lowest BCUT2D eigenvalue weighted by molar-refractivity contribution is -0.129. The van der Waals surface area contributed by atoms with Crippen LogP contribution in [0.4, 0.5) is 0 Å². The summed E-state index contributed by atoms with van der Waals surface area (Å²) < 4.78 is 21.4. The molecule has 0 unspecified atom stereocenters. The van der Waals surface area contributed by atoms with Crippen LogP contribution in [0.2, 0.25) is 0 Å². The van der Waals surface area contributed by atoms with Gasteiger partial charge in [-0.3, -0.25) is 43.2 Å².